The molecule has 0 N–H and O–H groups in total. The lowest BCUT2D eigenvalue weighted by Gasteiger charge is -2.47. The summed E-state index contributed by atoms with van der Waals surface area (Å²) in [6.07, 6.45) is 5.22. The fourth-order valence-corrected chi connectivity index (χ4v) is 5.05. The molecule has 0 unspecified atom stereocenters. The van der Waals surface area contributed by atoms with Crippen molar-refractivity contribution in [2.75, 3.05) is 18.8 Å². The van der Waals surface area contributed by atoms with Gasteiger partial charge in [0, 0.05) is 31.5 Å². The molecule has 2 aliphatic rings. The summed E-state index contributed by atoms with van der Waals surface area (Å²) in [7, 11) is 0. The molecular weight excluding hydrogens is 332 g/mol. The summed E-state index contributed by atoms with van der Waals surface area (Å²) < 4.78 is 6.21. The number of likely N-dealkylation sites (tertiary alicyclic amines) is 1. The molecule has 2 saturated heterocycles. The van der Waals surface area contributed by atoms with E-state index in [9.17, 15) is 4.79 Å². The first-order valence-electron chi connectivity index (χ1n) is 8.66. The highest BCUT2D eigenvalue weighted by Crippen LogP contribution is 2.46. The van der Waals surface area contributed by atoms with Gasteiger partial charge in [-0.15, -0.1) is 11.8 Å². The van der Waals surface area contributed by atoms with Crippen LogP contribution >= 0.6 is 11.8 Å². The molecular formula is C20H22N2O2S. The minimum atomic E-state index is 0.190. The summed E-state index contributed by atoms with van der Waals surface area (Å²) in [6.45, 7) is 3.75. The molecule has 4 rings (SSSR count). The van der Waals surface area contributed by atoms with E-state index in [0.717, 1.165) is 36.6 Å². The van der Waals surface area contributed by atoms with Crippen molar-refractivity contribution < 1.29 is 9.53 Å². The minimum Gasteiger partial charge on any atom is -0.488 e. The van der Waals surface area contributed by atoms with Crippen LogP contribution in [-0.2, 0) is 11.2 Å². The van der Waals surface area contributed by atoms with E-state index >= 15 is 0 Å². The van der Waals surface area contributed by atoms with Gasteiger partial charge in [0.25, 0.3) is 0 Å². The summed E-state index contributed by atoms with van der Waals surface area (Å²) in [4.78, 5) is 18.5. The molecule has 4 nitrogen and oxygen atoms in total. The van der Waals surface area contributed by atoms with Crippen molar-refractivity contribution in [2.45, 2.75) is 30.6 Å². The Balaban J connectivity index is 1.28. The maximum Gasteiger partial charge on any atom is 0.227 e. The lowest BCUT2D eigenvalue weighted by molar-refractivity contribution is -0.135. The molecule has 0 radical (unpaired) electrons. The molecule has 1 amide bonds. The van der Waals surface area contributed by atoms with Crippen LogP contribution in [0.15, 0.2) is 48.8 Å². The molecule has 130 valence electrons. The van der Waals surface area contributed by atoms with Gasteiger partial charge in [-0.05, 0) is 24.6 Å². The second-order valence-electron chi connectivity index (χ2n) is 7.04. The van der Waals surface area contributed by atoms with E-state index in [1.165, 1.54) is 5.56 Å². The first-order valence-corrected chi connectivity index (χ1v) is 9.64. The summed E-state index contributed by atoms with van der Waals surface area (Å²) in [5.41, 5.74) is 2.31. The zero-order valence-corrected chi connectivity index (χ0v) is 15.2. The summed E-state index contributed by atoms with van der Waals surface area (Å²) in [5.74, 6) is 2.04. The second-order valence-corrected chi connectivity index (χ2v) is 8.53. The Kier molecular flexibility index (Phi) is 4.42. The Hall–Kier alpha value is -2.01. The van der Waals surface area contributed by atoms with Crippen LogP contribution in [0.1, 0.15) is 17.5 Å². The zero-order valence-electron chi connectivity index (χ0n) is 14.4. The van der Waals surface area contributed by atoms with E-state index in [-0.39, 0.29) is 16.8 Å². The second kappa shape index (κ2) is 6.71. The number of aryl methyl sites for hydroxylation is 1. The molecule has 0 bridgehead atoms. The summed E-state index contributed by atoms with van der Waals surface area (Å²) >= 11 is 1.95. The molecule has 0 saturated carbocycles. The number of pyridine rings is 1. The molecule has 1 spiro atoms. The van der Waals surface area contributed by atoms with E-state index in [0.29, 0.717) is 6.42 Å². The minimum absolute atomic E-state index is 0.190. The number of amides is 1. The number of nitrogens with zero attached hydrogens (tertiary/aromatic N) is 2. The maximum absolute atomic E-state index is 12.5. The number of hydrogen-bond acceptors (Lipinski definition) is 4. The molecule has 3 heterocycles. The van der Waals surface area contributed by atoms with E-state index in [1.807, 2.05) is 40.9 Å². The van der Waals surface area contributed by atoms with Crippen molar-refractivity contribution in [1.82, 2.24) is 9.88 Å². The number of hydrogen-bond donors (Lipinski definition) is 0. The highest BCUT2D eigenvalue weighted by Gasteiger charge is 2.51. The quantitative estimate of drug-likeness (QED) is 0.846. The molecule has 1 atom stereocenters. The fraction of sp³-hybridized carbons (Fsp3) is 0.400. The SMILES string of the molecule is Cc1ccc(CC(=O)N2CC3(C[C@@H](Oc4cccnc4)CS3)C2)cc1. The Morgan fingerprint density at radius 2 is 2.12 bits per heavy atom. The van der Waals surface area contributed by atoms with Gasteiger partial charge >= 0.3 is 0 Å². The molecule has 5 heteroatoms. The van der Waals surface area contributed by atoms with Gasteiger partial charge in [0.2, 0.25) is 5.91 Å². The topological polar surface area (TPSA) is 42.4 Å². The summed E-state index contributed by atoms with van der Waals surface area (Å²) in [5, 5.41) is 0. The third-order valence-corrected chi connectivity index (χ3v) is 6.47. The van der Waals surface area contributed by atoms with E-state index in [2.05, 4.69) is 24.0 Å². The van der Waals surface area contributed by atoms with Crippen molar-refractivity contribution >= 4 is 17.7 Å². The standard InChI is InChI=1S/C20H22N2O2S/c1-15-4-6-16(7-5-15)9-19(23)22-13-20(14-22)10-18(12-25-20)24-17-3-2-8-21-11-17/h2-8,11,18H,9-10,12-14H2,1H3/t18-/m1/s1. The first kappa shape index (κ1) is 16.5. The number of aromatic nitrogens is 1. The van der Waals surface area contributed by atoms with Crippen molar-refractivity contribution in [3.63, 3.8) is 0 Å². The molecule has 1 aromatic heterocycles. The largest absolute Gasteiger partial charge is 0.488 e. The predicted molar refractivity (Wildman–Crippen MR) is 99.9 cm³/mol. The zero-order chi connectivity index (χ0) is 17.3. The average Bonchev–Trinajstić information content (AvgIpc) is 3.01. The number of carbonyl (C=O) groups is 1. The maximum atomic E-state index is 12.5. The Bertz CT molecular complexity index is 742. The smallest absolute Gasteiger partial charge is 0.227 e. The van der Waals surface area contributed by atoms with Gasteiger partial charge in [0.05, 0.1) is 17.4 Å². The van der Waals surface area contributed by atoms with Gasteiger partial charge in [0.15, 0.2) is 0 Å². The van der Waals surface area contributed by atoms with E-state index < -0.39 is 0 Å². The first-order chi connectivity index (χ1) is 12.1. The molecule has 25 heavy (non-hydrogen) atoms. The van der Waals surface area contributed by atoms with Gasteiger partial charge in [-0.3, -0.25) is 9.78 Å². The fourth-order valence-electron chi connectivity index (χ4n) is 3.53. The summed E-state index contributed by atoms with van der Waals surface area (Å²) in [6, 6.07) is 12.1. The number of rotatable bonds is 4. The molecule has 2 aromatic rings. The Morgan fingerprint density at radius 1 is 1.32 bits per heavy atom. The van der Waals surface area contributed by atoms with Crippen LogP contribution in [0.3, 0.4) is 0 Å². The van der Waals surface area contributed by atoms with Gasteiger partial charge in [-0.1, -0.05) is 29.8 Å². The monoisotopic (exact) mass is 354 g/mol. The third kappa shape index (κ3) is 3.66. The highest BCUT2D eigenvalue weighted by atomic mass is 32.2. The number of thioether (sulfide) groups is 1. The van der Waals surface area contributed by atoms with Crippen molar-refractivity contribution in [3.05, 3.63) is 59.9 Å². The van der Waals surface area contributed by atoms with E-state index in [4.69, 9.17) is 4.74 Å². The van der Waals surface area contributed by atoms with Gasteiger partial charge in [-0.2, -0.15) is 0 Å². The normalized spacial score (nSPS) is 21.2. The van der Waals surface area contributed by atoms with Crippen LogP contribution in [0.5, 0.6) is 5.75 Å². The van der Waals surface area contributed by atoms with Crippen LogP contribution in [0.4, 0.5) is 0 Å². The van der Waals surface area contributed by atoms with Crippen LogP contribution < -0.4 is 4.74 Å². The van der Waals surface area contributed by atoms with Crippen LogP contribution in [-0.4, -0.2) is 45.5 Å². The number of ether oxygens (including phenoxy) is 1. The molecule has 1 aromatic carbocycles. The van der Waals surface area contributed by atoms with Gasteiger partial charge in [0.1, 0.15) is 11.9 Å². The van der Waals surface area contributed by atoms with E-state index in [1.54, 1.807) is 12.4 Å². The predicted octanol–water partition coefficient (Wildman–Crippen LogP) is 3.10. The molecule has 2 aliphatic heterocycles. The van der Waals surface area contributed by atoms with Crippen LogP contribution in [0.2, 0.25) is 0 Å². The average molecular weight is 354 g/mol. The van der Waals surface area contributed by atoms with Gasteiger partial charge in [-0.25, -0.2) is 0 Å². The van der Waals surface area contributed by atoms with Crippen LogP contribution in [0.25, 0.3) is 0 Å². The van der Waals surface area contributed by atoms with Crippen molar-refractivity contribution in [3.8, 4) is 5.75 Å². The van der Waals surface area contributed by atoms with Gasteiger partial charge < -0.3 is 9.64 Å². The number of carbonyl (C=O) groups excluding carboxylic acids is 1. The van der Waals surface area contributed by atoms with Crippen molar-refractivity contribution in [2.24, 2.45) is 0 Å². The lowest BCUT2D eigenvalue weighted by atomic mass is 9.92. The molecule has 2 fully saturated rings. The molecule has 0 aliphatic carbocycles. The van der Waals surface area contributed by atoms with Crippen LogP contribution in [0, 0.1) is 6.92 Å². The third-order valence-electron chi connectivity index (χ3n) is 4.90. The number of benzene rings is 1. The highest BCUT2D eigenvalue weighted by molar-refractivity contribution is 8.01. The van der Waals surface area contributed by atoms with Crippen molar-refractivity contribution in [1.29, 1.82) is 0 Å². The lowest BCUT2D eigenvalue weighted by Crippen LogP contribution is -2.61. The Labute approximate surface area is 152 Å². The Morgan fingerprint density at radius 3 is 2.84 bits per heavy atom.